The van der Waals surface area contributed by atoms with Gasteiger partial charge in [-0.2, -0.15) is 5.26 Å². The predicted molar refractivity (Wildman–Crippen MR) is 131 cm³/mol. The molecule has 0 aliphatic heterocycles. The molecule has 170 valence electrons. The van der Waals surface area contributed by atoms with Gasteiger partial charge in [0.2, 0.25) is 5.91 Å². The molecule has 3 aromatic rings. The van der Waals surface area contributed by atoms with Crippen molar-refractivity contribution in [2.24, 2.45) is 0 Å². The first-order valence-corrected chi connectivity index (χ1v) is 11.5. The molecule has 0 atom stereocenters. The summed E-state index contributed by atoms with van der Waals surface area (Å²) in [5.41, 5.74) is 2.06. The van der Waals surface area contributed by atoms with E-state index in [1.54, 1.807) is 12.1 Å². The molecule has 0 spiro atoms. The van der Waals surface area contributed by atoms with Crippen molar-refractivity contribution in [1.82, 2.24) is 9.97 Å². The summed E-state index contributed by atoms with van der Waals surface area (Å²) in [4.78, 5) is 32.0. The molecule has 2 aromatic carbocycles. The number of ether oxygens (including phenoxy) is 1. The van der Waals surface area contributed by atoms with Crippen LogP contribution in [0.3, 0.4) is 0 Å². The van der Waals surface area contributed by atoms with Gasteiger partial charge in [-0.3, -0.25) is 9.59 Å². The van der Waals surface area contributed by atoms with Gasteiger partial charge >= 0.3 is 0 Å². The van der Waals surface area contributed by atoms with Crippen LogP contribution < -0.4 is 15.6 Å². The number of thioether (sulfide) groups is 1. The average molecular weight is 463 g/mol. The van der Waals surface area contributed by atoms with Crippen molar-refractivity contribution in [2.75, 3.05) is 17.7 Å². The highest BCUT2D eigenvalue weighted by atomic mass is 32.2. The lowest BCUT2D eigenvalue weighted by molar-refractivity contribution is -0.113. The highest BCUT2D eigenvalue weighted by molar-refractivity contribution is 7.99. The molecular formula is C25H26N4O3S. The van der Waals surface area contributed by atoms with Gasteiger partial charge in [-0.15, -0.1) is 0 Å². The molecule has 0 fully saturated rings. The minimum atomic E-state index is -0.535. The Balaban J connectivity index is 1.80. The molecule has 0 aliphatic rings. The van der Waals surface area contributed by atoms with E-state index in [1.807, 2.05) is 49.4 Å². The normalized spacial score (nSPS) is 11.0. The quantitative estimate of drug-likeness (QED) is 0.388. The summed E-state index contributed by atoms with van der Waals surface area (Å²) in [6.07, 6.45) is 0. The van der Waals surface area contributed by atoms with E-state index in [0.29, 0.717) is 29.3 Å². The summed E-state index contributed by atoms with van der Waals surface area (Å²) in [5.74, 6) is 0.344. The highest BCUT2D eigenvalue weighted by Gasteiger charge is 2.17. The third kappa shape index (κ3) is 6.02. The molecule has 0 bridgehead atoms. The zero-order valence-electron chi connectivity index (χ0n) is 19.1. The molecule has 1 amide bonds. The fraction of sp³-hybridized carbons (Fsp3) is 0.280. The second-order valence-corrected chi connectivity index (χ2v) is 9.26. The Kier molecular flexibility index (Phi) is 7.56. The first-order valence-electron chi connectivity index (χ1n) is 10.5. The van der Waals surface area contributed by atoms with Crippen LogP contribution in [0.25, 0.3) is 11.3 Å². The van der Waals surface area contributed by atoms with Gasteiger partial charge < -0.3 is 15.0 Å². The molecule has 3 rings (SSSR count). The summed E-state index contributed by atoms with van der Waals surface area (Å²) >= 11 is 1.09. The number of amides is 1. The van der Waals surface area contributed by atoms with E-state index in [1.165, 1.54) is 0 Å². The second-order valence-electron chi connectivity index (χ2n) is 8.30. The van der Waals surface area contributed by atoms with E-state index in [9.17, 15) is 14.9 Å². The van der Waals surface area contributed by atoms with Crippen LogP contribution in [-0.4, -0.2) is 28.2 Å². The largest absolute Gasteiger partial charge is 0.492 e. The molecule has 8 heteroatoms. The first-order chi connectivity index (χ1) is 15.7. The number of rotatable bonds is 7. The fourth-order valence-electron chi connectivity index (χ4n) is 3.13. The van der Waals surface area contributed by atoms with Crippen LogP contribution in [-0.2, 0) is 10.2 Å². The van der Waals surface area contributed by atoms with E-state index >= 15 is 0 Å². The SMILES string of the molecule is CCOc1ccccc1NC(=O)CSc1nc(-c2ccc(C(C)(C)C)cc2)c(C#N)c(=O)[nH]1. The lowest BCUT2D eigenvalue weighted by Crippen LogP contribution is -2.18. The Hall–Kier alpha value is -3.57. The number of hydrogen-bond acceptors (Lipinski definition) is 6. The zero-order valence-corrected chi connectivity index (χ0v) is 19.9. The predicted octanol–water partition coefficient (Wildman–Crippen LogP) is 4.74. The van der Waals surface area contributed by atoms with Crippen LogP contribution in [0, 0.1) is 11.3 Å². The van der Waals surface area contributed by atoms with E-state index in [0.717, 1.165) is 17.3 Å². The molecule has 0 aliphatic carbocycles. The molecule has 2 N–H and O–H groups in total. The summed E-state index contributed by atoms with van der Waals surface area (Å²) < 4.78 is 5.52. The van der Waals surface area contributed by atoms with Gasteiger partial charge in [-0.25, -0.2) is 4.98 Å². The maximum atomic E-state index is 12.5. The summed E-state index contributed by atoms with van der Waals surface area (Å²) in [7, 11) is 0. The maximum absolute atomic E-state index is 12.5. The second kappa shape index (κ2) is 10.4. The average Bonchev–Trinajstić information content (AvgIpc) is 2.78. The number of nitrogens with zero attached hydrogens (tertiary/aromatic N) is 2. The monoisotopic (exact) mass is 462 g/mol. The van der Waals surface area contributed by atoms with Gasteiger partial charge in [0.15, 0.2) is 5.16 Å². The Bertz CT molecular complexity index is 1240. The van der Waals surface area contributed by atoms with Crippen molar-refractivity contribution in [3.63, 3.8) is 0 Å². The Morgan fingerprint density at radius 2 is 1.88 bits per heavy atom. The third-order valence-corrected chi connectivity index (χ3v) is 5.71. The van der Waals surface area contributed by atoms with Crippen LogP contribution in [0.2, 0.25) is 0 Å². The van der Waals surface area contributed by atoms with Gasteiger partial charge in [-0.05, 0) is 30.0 Å². The van der Waals surface area contributed by atoms with E-state index in [4.69, 9.17) is 4.74 Å². The van der Waals surface area contributed by atoms with Gasteiger partial charge in [0.1, 0.15) is 17.4 Å². The summed E-state index contributed by atoms with van der Waals surface area (Å²) in [5, 5.41) is 12.6. The fourth-order valence-corrected chi connectivity index (χ4v) is 3.79. The molecule has 1 aromatic heterocycles. The first kappa shape index (κ1) is 24.1. The Morgan fingerprint density at radius 3 is 2.52 bits per heavy atom. The van der Waals surface area contributed by atoms with Crippen molar-refractivity contribution < 1.29 is 9.53 Å². The van der Waals surface area contributed by atoms with Gasteiger partial charge in [0, 0.05) is 5.56 Å². The number of hydrogen-bond donors (Lipinski definition) is 2. The standard InChI is InChI=1S/C25H26N4O3S/c1-5-32-20-9-7-6-8-19(20)27-21(30)15-33-24-28-22(18(14-26)23(31)29-24)16-10-12-17(13-11-16)25(2,3)4/h6-13H,5,15H2,1-4H3,(H,27,30)(H,28,29,31). The number of carbonyl (C=O) groups is 1. The topological polar surface area (TPSA) is 108 Å². The summed E-state index contributed by atoms with van der Waals surface area (Å²) in [6.45, 7) is 8.69. The van der Waals surface area contributed by atoms with Crippen LogP contribution in [0.1, 0.15) is 38.8 Å². The molecular weight excluding hydrogens is 436 g/mol. The number of H-pyrrole nitrogens is 1. The van der Waals surface area contributed by atoms with Crippen LogP contribution >= 0.6 is 11.8 Å². The number of nitrogens with one attached hydrogen (secondary N) is 2. The number of para-hydroxylation sites is 2. The van der Waals surface area contributed by atoms with Crippen molar-refractivity contribution in [2.45, 2.75) is 38.3 Å². The molecule has 1 heterocycles. The van der Waals surface area contributed by atoms with Crippen molar-refractivity contribution >= 4 is 23.4 Å². The molecule has 0 unspecified atom stereocenters. The van der Waals surface area contributed by atoms with Crippen molar-refractivity contribution in [3.8, 4) is 23.1 Å². The van der Waals surface area contributed by atoms with E-state index in [2.05, 4.69) is 36.1 Å². The lowest BCUT2D eigenvalue weighted by atomic mass is 9.86. The van der Waals surface area contributed by atoms with E-state index in [-0.39, 0.29) is 27.8 Å². The van der Waals surface area contributed by atoms with Crippen LogP contribution in [0.5, 0.6) is 5.75 Å². The lowest BCUT2D eigenvalue weighted by Gasteiger charge is -2.19. The smallest absolute Gasteiger partial charge is 0.270 e. The van der Waals surface area contributed by atoms with Gasteiger partial charge in [0.05, 0.1) is 23.7 Å². The molecule has 0 saturated carbocycles. The number of anilines is 1. The summed E-state index contributed by atoms with van der Waals surface area (Å²) in [6, 6.07) is 16.8. The van der Waals surface area contributed by atoms with Gasteiger partial charge in [0.25, 0.3) is 5.56 Å². The molecule has 7 nitrogen and oxygen atoms in total. The van der Waals surface area contributed by atoms with Gasteiger partial charge in [-0.1, -0.05) is 68.9 Å². The minimum Gasteiger partial charge on any atom is -0.492 e. The van der Waals surface area contributed by atoms with Crippen molar-refractivity contribution in [1.29, 1.82) is 5.26 Å². The number of benzene rings is 2. The minimum absolute atomic E-state index is 0.0205. The van der Waals surface area contributed by atoms with Crippen molar-refractivity contribution in [3.05, 3.63) is 70.0 Å². The van der Waals surface area contributed by atoms with E-state index < -0.39 is 5.56 Å². The number of carbonyl (C=O) groups excluding carboxylic acids is 1. The maximum Gasteiger partial charge on any atom is 0.270 e. The Labute approximate surface area is 197 Å². The van der Waals surface area contributed by atoms with Crippen LogP contribution in [0.4, 0.5) is 5.69 Å². The Morgan fingerprint density at radius 1 is 1.18 bits per heavy atom. The zero-order chi connectivity index (χ0) is 24.0. The molecule has 0 saturated heterocycles. The van der Waals surface area contributed by atoms with Crippen LogP contribution in [0.15, 0.2) is 58.5 Å². The third-order valence-electron chi connectivity index (χ3n) is 4.83. The molecule has 0 radical (unpaired) electrons. The number of aromatic nitrogens is 2. The molecule has 33 heavy (non-hydrogen) atoms. The number of nitriles is 1. The highest BCUT2D eigenvalue weighted by Crippen LogP contribution is 2.27. The number of aromatic amines is 1.